The molecule has 2 aliphatic carbocycles. The first-order valence-corrected chi connectivity index (χ1v) is 15.7. The van der Waals surface area contributed by atoms with Gasteiger partial charge in [0.1, 0.15) is 11.6 Å². The maximum Gasteiger partial charge on any atom is 0.226 e. The number of aromatic nitrogens is 4. The molecule has 8 heteroatoms. The number of hydrogen-bond acceptors (Lipinski definition) is 4. The minimum atomic E-state index is 0.0405. The summed E-state index contributed by atoms with van der Waals surface area (Å²) >= 11 is 0. The van der Waals surface area contributed by atoms with Crippen molar-refractivity contribution in [2.45, 2.75) is 76.3 Å². The topological polar surface area (TPSA) is 98.0 Å². The molecule has 2 aromatic carbocycles. The molecule has 2 aliphatic heterocycles. The van der Waals surface area contributed by atoms with Gasteiger partial charge in [0, 0.05) is 36.1 Å². The molecule has 4 aliphatic rings. The average molecular weight is 561 g/mol. The van der Waals surface area contributed by atoms with Crippen LogP contribution in [0.4, 0.5) is 0 Å². The fourth-order valence-electron chi connectivity index (χ4n) is 7.08. The molecule has 214 valence electrons. The highest BCUT2D eigenvalue weighted by Gasteiger charge is 2.38. The second kappa shape index (κ2) is 10.3. The van der Waals surface area contributed by atoms with Crippen molar-refractivity contribution in [3.8, 4) is 11.8 Å². The highest BCUT2D eigenvalue weighted by molar-refractivity contribution is 5.82. The van der Waals surface area contributed by atoms with Crippen LogP contribution in [0.1, 0.15) is 99.1 Å². The molecule has 0 bridgehead atoms. The van der Waals surface area contributed by atoms with Crippen molar-refractivity contribution in [3.63, 3.8) is 0 Å². The summed E-state index contributed by atoms with van der Waals surface area (Å²) in [5.74, 6) is 9.43. The second-order valence-corrected chi connectivity index (χ2v) is 12.6. The monoisotopic (exact) mass is 560 g/mol. The van der Waals surface area contributed by atoms with E-state index in [1.54, 1.807) is 0 Å². The molecule has 2 N–H and O–H groups in total. The third kappa shape index (κ3) is 4.46. The highest BCUT2D eigenvalue weighted by Crippen LogP contribution is 2.38. The second-order valence-electron chi connectivity index (χ2n) is 12.6. The first-order chi connectivity index (χ1) is 20.6. The van der Waals surface area contributed by atoms with Gasteiger partial charge in [0.25, 0.3) is 0 Å². The van der Waals surface area contributed by atoms with E-state index in [0.717, 1.165) is 109 Å². The van der Waals surface area contributed by atoms with Gasteiger partial charge in [-0.25, -0.2) is 9.97 Å². The van der Waals surface area contributed by atoms with E-state index in [0.29, 0.717) is 11.8 Å². The van der Waals surface area contributed by atoms with Crippen LogP contribution >= 0.6 is 0 Å². The van der Waals surface area contributed by atoms with Gasteiger partial charge < -0.3 is 19.8 Å². The van der Waals surface area contributed by atoms with Gasteiger partial charge in [0.05, 0.1) is 34.2 Å². The third-order valence-electron chi connectivity index (χ3n) is 9.96. The highest BCUT2D eigenvalue weighted by atomic mass is 16.2. The number of fused-ring (bicyclic) bond motifs is 2. The third-order valence-corrected chi connectivity index (χ3v) is 9.96. The molecule has 42 heavy (non-hydrogen) atoms. The van der Waals surface area contributed by atoms with E-state index in [-0.39, 0.29) is 23.9 Å². The zero-order valence-corrected chi connectivity index (χ0v) is 23.9. The Labute approximate surface area is 245 Å². The van der Waals surface area contributed by atoms with Gasteiger partial charge in [-0.2, -0.15) is 0 Å². The quantitative estimate of drug-likeness (QED) is 0.310. The number of nitrogens with one attached hydrogen (secondary N) is 2. The number of benzene rings is 2. The van der Waals surface area contributed by atoms with E-state index in [1.807, 2.05) is 36.4 Å². The minimum Gasteiger partial charge on any atom is -0.340 e. The smallest absolute Gasteiger partial charge is 0.226 e. The number of imidazole rings is 2. The van der Waals surface area contributed by atoms with Crippen LogP contribution in [-0.4, -0.2) is 54.6 Å². The molecule has 4 aromatic rings. The summed E-state index contributed by atoms with van der Waals surface area (Å²) in [6.07, 6.45) is 10.4. The first-order valence-electron chi connectivity index (χ1n) is 15.7. The van der Waals surface area contributed by atoms with E-state index in [1.165, 1.54) is 12.8 Å². The van der Waals surface area contributed by atoms with Crippen LogP contribution < -0.4 is 0 Å². The Morgan fingerprint density at radius 2 is 1.10 bits per heavy atom. The predicted molar refractivity (Wildman–Crippen MR) is 160 cm³/mol. The lowest BCUT2D eigenvalue weighted by molar-refractivity contribution is -0.140. The number of nitrogens with zero attached hydrogens (tertiary/aromatic N) is 4. The van der Waals surface area contributed by atoms with Gasteiger partial charge in [0.2, 0.25) is 11.8 Å². The van der Waals surface area contributed by atoms with Crippen molar-refractivity contribution in [1.29, 1.82) is 0 Å². The molecular formula is C34H36N6O2. The summed E-state index contributed by atoms with van der Waals surface area (Å²) in [4.78, 5) is 46.8. The van der Waals surface area contributed by atoms with Crippen LogP contribution in [0.5, 0.6) is 0 Å². The number of carbonyl (C=O) groups is 2. The van der Waals surface area contributed by atoms with Crippen molar-refractivity contribution in [3.05, 3.63) is 59.2 Å². The standard InChI is InChI=1S/C34H36N6O2/c41-33(23-5-1-6-23)39-17-3-9-29(39)31-35-25-15-13-21(19-27(25)37-31)11-12-22-14-16-26-28(20-22)38-32(36-26)30-10-4-18-40(30)34(42)24-7-2-8-24/h13-16,19-20,23-24,29-30H,1-10,17-18H2,(H,35,37)(H,36,38)/t29-,30?/m0/s1. The van der Waals surface area contributed by atoms with Crippen LogP contribution in [0, 0.1) is 23.7 Å². The van der Waals surface area contributed by atoms with E-state index < -0.39 is 0 Å². The van der Waals surface area contributed by atoms with Gasteiger partial charge >= 0.3 is 0 Å². The summed E-state index contributed by atoms with van der Waals surface area (Å²) in [6.45, 7) is 1.65. The molecule has 4 heterocycles. The number of aromatic amines is 2. The van der Waals surface area contributed by atoms with Gasteiger partial charge in [-0.15, -0.1) is 0 Å². The van der Waals surface area contributed by atoms with Crippen LogP contribution in [0.3, 0.4) is 0 Å². The number of amides is 2. The van der Waals surface area contributed by atoms with Gasteiger partial charge in [-0.1, -0.05) is 24.7 Å². The van der Waals surface area contributed by atoms with Crippen molar-refractivity contribution >= 4 is 33.9 Å². The van der Waals surface area contributed by atoms with Gasteiger partial charge in [-0.3, -0.25) is 9.59 Å². The average Bonchev–Trinajstić information content (AvgIpc) is 3.73. The predicted octanol–water partition coefficient (Wildman–Crippen LogP) is 5.77. The largest absolute Gasteiger partial charge is 0.340 e. The molecule has 2 amide bonds. The van der Waals surface area contributed by atoms with Gasteiger partial charge in [0.15, 0.2) is 0 Å². The van der Waals surface area contributed by atoms with E-state index in [4.69, 9.17) is 9.97 Å². The maximum absolute atomic E-state index is 13.0. The summed E-state index contributed by atoms with van der Waals surface area (Å²) in [6, 6.07) is 12.2. The lowest BCUT2D eigenvalue weighted by Gasteiger charge is -2.32. The number of likely N-dealkylation sites (tertiary alicyclic amines) is 2. The Morgan fingerprint density at radius 3 is 1.50 bits per heavy atom. The van der Waals surface area contributed by atoms with E-state index >= 15 is 0 Å². The summed E-state index contributed by atoms with van der Waals surface area (Å²) in [5.41, 5.74) is 5.53. The summed E-state index contributed by atoms with van der Waals surface area (Å²) in [5, 5.41) is 0. The Bertz CT molecular complexity index is 1620. The Morgan fingerprint density at radius 1 is 0.643 bits per heavy atom. The number of carbonyl (C=O) groups excluding carboxylic acids is 2. The fraction of sp³-hybridized carbons (Fsp3) is 0.471. The van der Waals surface area contributed by atoms with Crippen molar-refractivity contribution in [2.75, 3.05) is 13.1 Å². The summed E-state index contributed by atoms with van der Waals surface area (Å²) < 4.78 is 0. The van der Waals surface area contributed by atoms with Gasteiger partial charge in [-0.05, 0) is 87.8 Å². The first kappa shape index (κ1) is 25.6. The molecule has 2 saturated heterocycles. The molecule has 0 radical (unpaired) electrons. The molecule has 2 saturated carbocycles. The molecule has 2 atom stereocenters. The summed E-state index contributed by atoms with van der Waals surface area (Å²) in [7, 11) is 0. The number of hydrogen-bond donors (Lipinski definition) is 2. The van der Waals surface area contributed by atoms with Crippen molar-refractivity contribution < 1.29 is 9.59 Å². The van der Waals surface area contributed by atoms with Crippen LogP contribution in [0.15, 0.2) is 36.4 Å². The van der Waals surface area contributed by atoms with Crippen molar-refractivity contribution in [2.24, 2.45) is 11.8 Å². The fourth-order valence-corrected chi connectivity index (χ4v) is 7.08. The van der Waals surface area contributed by atoms with Crippen LogP contribution in [-0.2, 0) is 9.59 Å². The van der Waals surface area contributed by atoms with Crippen molar-refractivity contribution in [1.82, 2.24) is 29.7 Å². The minimum absolute atomic E-state index is 0.0405. The van der Waals surface area contributed by atoms with Crippen LogP contribution in [0.25, 0.3) is 22.1 Å². The van der Waals surface area contributed by atoms with Crippen LogP contribution in [0.2, 0.25) is 0 Å². The Balaban J connectivity index is 1.00. The lowest BCUT2D eigenvalue weighted by atomic mass is 9.84. The molecule has 4 fully saturated rings. The maximum atomic E-state index is 13.0. The molecule has 1 unspecified atom stereocenters. The molecule has 8 nitrogen and oxygen atoms in total. The number of rotatable bonds is 4. The lowest BCUT2D eigenvalue weighted by Crippen LogP contribution is -2.38. The zero-order valence-electron chi connectivity index (χ0n) is 23.9. The van der Waals surface area contributed by atoms with E-state index in [2.05, 4.69) is 31.6 Å². The number of H-pyrrole nitrogens is 2. The SMILES string of the molecule is O=C(C1CCC1)N1CCCC1c1nc2ccc(C#Cc3ccc4nc([C@@H]5CCCN5C(=O)C5CCC5)[nH]c4c3)cc2[nH]1. The molecular weight excluding hydrogens is 524 g/mol. The Kier molecular flexibility index (Phi) is 6.28. The molecule has 2 aromatic heterocycles. The molecule has 8 rings (SSSR count). The van der Waals surface area contributed by atoms with E-state index in [9.17, 15) is 9.59 Å². The normalized spacial score (nSPS) is 22.8. The Hall–Kier alpha value is -4.12. The molecule has 0 spiro atoms. The zero-order chi connectivity index (χ0) is 28.2.